The van der Waals surface area contributed by atoms with Crippen LogP contribution in [0.25, 0.3) is 11.1 Å². The normalized spacial score (nSPS) is 22.8. The fourth-order valence-electron chi connectivity index (χ4n) is 4.23. The van der Waals surface area contributed by atoms with Crippen LogP contribution in [0.5, 0.6) is 11.5 Å². The van der Waals surface area contributed by atoms with Crippen molar-refractivity contribution < 1.29 is 13.9 Å². The van der Waals surface area contributed by atoms with Crippen LogP contribution >= 0.6 is 0 Å². The van der Waals surface area contributed by atoms with E-state index in [1.165, 1.54) is 0 Å². The smallest absolute Gasteiger partial charge is 0.417 e. The Morgan fingerprint density at radius 2 is 2.00 bits per heavy atom. The van der Waals surface area contributed by atoms with Crippen molar-refractivity contribution in [1.82, 2.24) is 9.88 Å². The van der Waals surface area contributed by atoms with Gasteiger partial charge in [0.25, 0.3) is 0 Å². The Balaban J connectivity index is 1.31. The summed E-state index contributed by atoms with van der Waals surface area (Å²) in [6.07, 6.45) is 2.23. The Bertz CT molecular complexity index is 1010. The summed E-state index contributed by atoms with van der Waals surface area (Å²) in [6.45, 7) is 3.37. The molecule has 1 saturated heterocycles. The molecule has 2 unspecified atom stereocenters. The van der Waals surface area contributed by atoms with Gasteiger partial charge in [-0.25, -0.2) is 4.79 Å². The van der Waals surface area contributed by atoms with E-state index in [4.69, 9.17) is 13.9 Å². The second kappa shape index (κ2) is 6.78. The summed E-state index contributed by atoms with van der Waals surface area (Å²) >= 11 is 0. The number of H-pyrrole nitrogens is 1. The highest BCUT2D eigenvalue weighted by molar-refractivity contribution is 5.76. The van der Waals surface area contributed by atoms with Crippen molar-refractivity contribution in [2.24, 2.45) is 0 Å². The molecule has 2 aliphatic rings. The molecular weight excluding hydrogens is 344 g/mol. The fraction of sp³-hybridized carbons (Fsp3) is 0.381. The third kappa shape index (κ3) is 3.21. The average molecular weight is 366 g/mol. The topological polar surface area (TPSA) is 67.7 Å². The molecule has 3 aromatic rings. The van der Waals surface area contributed by atoms with Gasteiger partial charge in [0.1, 0.15) is 12.7 Å². The number of likely N-dealkylation sites (tertiary alicyclic amines) is 1. The number of nitrogens with zero attached hydrogens (tertiary/aromatic N) is 1. The molecular formula is C21H22N2O4. The Labute approximate surface area is 156 Å². The molecule has 0 aliphatic carbocycles. The summed E-state index contributed by atoms with van der Waals surface area (Å²) in [5, 5.41) is 0. The number of fused-ring (bicyclic) bond motifs is 2. The molecule has 0 saturated carbocycles. The quantitative estimate of drug-likeness (QED) is 0.771. The summed E-state index contributed by atoms with van der Waals surface area (Å²) in [5.41, 5.74) is 2.58. The summed E-state index contributed by atoms with van der Waals surface area (Å²) < 4.78 is 17.4. The Morgan fingerprint density at radius 1 is 1.11 bits per heavy atom. The minimum Gasteiger partial charge on any atom is -0.486 e. The highest BCUT2D eigenvalue weighted by Gasteiger charge is 2.28. The van der Waals surface area contributed by atoms with Crippen molar-refractivity contribution in [1.29, 1.82) is 0 Å². The average Bonchev–Trinajstić information content (AvgIpc) is 3.08. The van der Waals surface area contributed by atoms with E-state index in [9.17, 15) is 4.79 Å². The van der Waals surface area contributed by atoms with Gasteiger partial charge < -0.3 is 13.9 Å². The van der Waals surface area contributed by atoms with E-state index in [1.807, 2.05) is 36.4 Å². The highest BCUT2D eigenvalue weighted by atomic mass is 16.6. The van der Waals surface area contributed by atoms with Gasteiger partial charge in [0.2, 0.25) is 0 Å². The fourth-order valence-corrected chi connectivity index (χ4v) is 4.23. The van der Waals surface area contributed by atoms with Gasteiger partial charge in [-0.05, 0) is 37.6 Å². The molecule has 0 spiro atoms. The minimum atomic E-state index is -0.392. The number of piperidine rings is 1. The predicted molar refractivity (Wildman–Crippen MR) is 102 cm³/mol. The Kier molecular flexibility index (Phi) is 4.13. The second-order valence-electron chi connectivity index (χ2n) is 7.33. The zero-order chi connectivity index (χ0) is 18.2. The number of nitrogens with one attached hydrogen (secondary N) is 1. The molecule has 2 aliphatic heterocycles. The van der Waals surface area contributed by atoms with E-state index in [2.05, 4.69) is 16.0 Å². The molecule has 0 amide bonds. The van der Waals surface area contributed by atoms with Crippen LogP contribution < -0.4 is 15.2 Å². The van der Waals surface area contributed by atoms with Crippen LogP contribution in [0.4, 0.5) is 0 Å². The summed E-state index contributed by atoms with van der Waals surface area (Å²) in [5.74, 6) is 1.59. The zero-order valence-corrected chi connectivity index (χ0v) is 15.0. The number of aromatic nitrogens is 1. The van der Waals surface area contributed by atoms with Crippen molar-refractivity contribution in [3.63, 3.8) is 0 Å². The number of benzene rings is 2. The van der Waals surface area contributed by atoms with Crippen molar-refractivity contribution in [2.45, 2.75) is 24.9 Å². The van der Waals surface area contributed by atoms with Gasteiger partial charge in [-0.1, -0.05) is 24.3 Å². The monoisotopic (exact) mass is 366 g/mol. The lowest BCUT2D eigenvalue weighted by atomic mass is 9.90. The van der Waals surface area contributed by atoms with Crippen molar-refractivity contribution >= 4 is 11.1 Å². The molecule has 6 heteroatoms. The first-order chi connectivity index (χ1) is 13.3. The number of aromatic amines is 1. The molecule has 3 heterocycles. The lowest BCUT2D eigenvalue weighted by molar-refractivity contribution is 0.0505. The molecule has 0 bridgehead atoms. The Hall–Kier alpha value is -2.73. The number of oxazole rings is 1. The van der Waals surface area contributed by atoms with Crippen LogP contribution in [0.2, 0.25) is 0 Å². The lowest BCUT2D eigenvalue weighted by Crippen LogP contribution is -2.44. The van der Waals surface area contributed by atoms with Crippen molar-refractivity contribution in [2.75, 3.05) is 26.2 Å². The van der Waals surface area contributed by atoms with Crippen LogP contribution in [-0.4, -0.2) is 42.2 Å². The molecule has 27 heavy (non-hydrogen) atoms. The van der Waals surface area contributed by atoms with Gasteiger partial charge in [-0.15, -0.1) is 0 Å². The molecule has 6 nitrogen and oxygen atoms in total. The van der Waals surface area contributed by atoms with Crippen LogP contribution in [-0.2, 0) is 0 Å². The van der Waals surface area contributed by atoms with Gasteiger partial charge in [-0.2, -0.15) is 0 Å². The molecule has 0 radical (unpaired) electrons. The third-order valence-electron chi connectivity index (χ3n) is 5.45. The van der Waals surface area contributed by atoms with E-state index in [0.29, 0.717) is 18.1 Å². The zero-order valence-electron chi connectivity index (χ0n) is 15.0. The maximum atomic E-state index is 11.6. The first kappa shape index (κ1) is 16.4. The number of hydrogen-bond acceptors (Lipinski definition) is 5. The van der Waals surface area contributed by atoms with E-state index in [-0.39, 0.29) is 6.10 Å². The van der Waals surface area contributed by atoms with Crippen LogP contribution in [0.1, 0.15) is 24.3 Å². The van der Waals surface area contributed by atoms with Crippen LogP contribution in [0.3, 0.4) is 0 Å². The molecule has 2 aromatic carbocycles. The van der Waals surface area contributed by atoms with Crippen molar-refractivity contribution in [3.8, 4) is 11.5 Å². The number of hydrogen-bond donors (Lipinski definition) is 1. The molecule has 2 atom stereocenters. The van der Waals surface area contributed by atoms with Gasteiger partial charge in [0.05, 0.1) is 5.52 Å². The standard InChI is InChI=1S/C21H22N2O4/c24-21-22-17-7-3-6-16(20(17)27-21)14-5-4-10-23(11-14)12-15-13-25-18-8-1-2-9-19(18)26-15/h1-3,6-9,14-15H,4-5,10-13H2,(H,22,24). The number of para-hydroxylation sites is 3. The van der Waals surface area contributed by atoms with Crippen LogP contribution in [0.15, 0.2) is 51.7 Å². The van der Waals surface area contributed by atoms with Gasteiger partial charge in [0, 0.05) is 24.6 Å². The predicted octanol–water partition coefficient (Wildman–Crippen LogP) is 3.14. The first-order valence-corrected chi connectivity index (χ1v) is 9.49. The van der Waals surface area contributed by atoms with E-state index < -0.39 is 5.76 Å². The van der Waals surface area contributed by atoms with E-state index in [0.717, 1.165) is 55.1 Å². The SMILES string of the molecule is O=c1[nH]c2cccc(C3CCCN(CC4COc5ccccc5O4)C3)c2o1. The van der Waals surface area contributed by atoms with E-state index >= 15 is 0 Å². The third-order valence-corrected chi connectivity index (χ3v) is 5.45. The first-order valence-electron chi connectivity index (χ1n) is 9.49. The maximum absolute atomic E-state index is 11.6. The summed E-state index contributed by atoms with van der Waals surface area (Å²) in [7, 11) is 0. The maximum Gasteiger partial charge on any atom is 0.417 e. The summed E-state index contributed by atoms with van der Waals surface area (Å²) in [4.78, 5) is 16.8. The largest absolute Gasteiger partial charge is 0.486 e. The highest BCUT2D eigenvalue weighted by Crippen LogP contribution is 2.33. The number of rotatable bonds is 3. The van der Waals surface area contributed by atoms with Crippen LogP contribution in [0, 0.1) is 0 Å². The van der Waals surface area contributed by atoms with Gasteiger partial charge in [0.15, 0.2) is 17.1 Å². The molecule has 5 rings (SSSR count). The summed E-state index contributed by atoms with van der Waals surface area (Å²) in [6, 6.07) is 13.8. The number of ether oxygens (including phenoxy) is 2. The minimum absolute atomic E-state index is 0.0274. The molecule has 1 fully saturated rings. The second-order valence-corrected chi connectivity index (χ2v) is 7.33. The van der Waals surface area contributed by atoms with Crippen molar-refractivity contribution in [3.05, 3.63) is 58.6 Å². The lowest BCUT2D eigenvalue weighted by Gasteiger charge is -2.36. The van der Waals surface area contributed by atoms with E-state index in [1.54, 1.807) is 0 Å². The molecule has 1 N–H and O–H groups in total. The van der Waals surface area contributed by atoms with Gasteiger partial charge in [-0.3, -0.25) is 9.88 Å². The molecule has 140 valence electrons. The Morgan fingerprint density at radius 3 is 2.93 bits per heavy atom. The molecule has 1 aromatic heterocycles. The van der Waals surface area contributed by atoms with Gasteiger partial charge >= 0.3 is 5.76 Å².